The van der Waals surface area contributed by atoms with Crippen LogP contribution in [0.2, 0.25) is 0 Å². The molecule has 0 heterocycles. The third kappa shape index (κ3) is 4.84. The monoisotopic (exact) mass is 252 g/mol. The fourth-order valence-electron chi connectivity index (χ4n) is 1.69. The topological polar surface area (TPSA) is 41.1 Å². The smallest absolute Gasteiger partial charge is 0.221 e. The molecule has 1 rings (SSSR count). The van der Waals surface area contributed by atoms with Crippen LogP contribution in [0, 0.1) is 5.82 Å². The normalized spacial score (nSPS) is 12.5. The zero-order chi connectivity index (χ0) is 13.5. The molecule has 0 aliphatic rings. The lowest BCUT2D eigenvalue weighted by Crippen LogP contribution is -2.32. The van der Waals surface area contributed by atoms with Crippen LogP contribution in [0.1, 0.15) is 38.8 Å². The van der Waals surface area contributed by atoms with Gasteiger partial charge < -0.3 is 10.6 Å². The van der Waals surface area contributed by atoms with E-state index < -0.39 is 0 Å². The molecule has 0 aliphatic carbocycles. The van der Waals surface area contributed by atoms with Crippen molar-refractivity contribution < 1.29 is 9.18 Å². The Bertz CT molecular complexity index is 393. The van der Waals surface area contributed by atoms with E-state index in [2.05, 4.69) is 10.6 Å². The van der Waals surface area contributed by atoms with Crippen LogP contribution in [-0.2, 0) is 4.79 Å². The van der Waals surface area contributed by atoms with E-state index >= 15 is 0 Å². The fourth-order valence-corrected chi connectivity index (χ4v) is 1.69. The number of hydrogen-bond donors (Lipinski definition) is 2. The van der Waals surface area contributed by atoms with Crippen molar-refractivity contribution in [3.63, 3.8) is 0 Å². The van der Waals surface area contributed by atoms with E-state index in [4.69, 9.17) is 0 Å². The van der Waals surface area contributed by atoms with Crippen molar-refractivity contribution in [2.75, 3.05) is 6.54 Å². The number of carbonyl (C=O) groups is 1. The van der Waals surface area contributed by atoms with Crippen LogP contribution in [-0.4, -0.2) is 18.5 Å². The highest BCUT2D eigenvalue weighted by Gasteiger charge is 2.12. The summed E-state index contributed by atoms with van der Waals surface area (Å²) in [5, 5.41) is 5.96. The minimum atomic E-state index is -0.308. The van der Waals surface area contributed by atoms with Gasteiger partial charge >= 0.3 is 0 Å². The van der Waals surface area contributed by atoms with Crippen molar-refractivity contribution in [3.05, 3.63) is 35.6 Å². The van der Waals surface area contributed by atoms with Crippen molar-refractivity contribution in [1.82, 2.24) is 10.6 Å². The Hall–Kier alpha value is -1.42. The maximum atomic E-state index is 13.5. The van der Waals surface area contributed by atoms with Gasteiger partial charge in [0.05, 0.1) is 6.04 Å². The zero-order valence-corrected chi connectivity index (χ0v) is 11.2. The molecule has 0 aliphatic heterocycles. The summed E-state index contributed by atoms with van der Waals surface area (Å²) in [7, 11) is 0. The molecule has 1 aromatic rings. The number of amides is 1. The highest BCUT2D eigenvalue weighted by Crippen LogP contribution is 2.15. The molecule has 0 fully saturated rings. The van der Waals surface area contributed by atoms with E-state index in [1.165, 1.54) is 6.07 Å². The van der Waals surface area contributed by atoms with Crippen molar-refractivity contribution in [2.24, 2.45) is 0 Å². The van der Waals surface area contributed by atoms with Crippen molar-refractivity contribution in [2.45, 2.75) is 39.3 Å². The maximum absolute atomic E-state index is 13.5. The summed E-state index contributed by atoms with van der Waals surface area (Å²) in [6, 6.07) is 6.55. The number of halogens is 1. The molecule has 4 heteroatoms. The first-order valence-corrected chi connectivity index (χ1v) is 6.28. The highest BCUT2D eigenvalue weighted by atomic mass is 19.1. The summed E-state index contributed by atoms with van der Waals surface area (Å²) in [6.45, 7) is 6.47. The molecular weight excluding hydrogens is 231 g/mol. The van der Waals surface area contributed by atoms with Gasteiger partial charge in [0.1, 0.15) is 5.82 Å². The van der Waals surface area contributed by atoms with Gasteiger partial charge in [0, 0.05) is 24.6 Å². The van der Waals surface area contributed by atoms with Gasteiger partial charge in [0.15, 0.2) is 0 Å². The number of hydrogen-bond acceptors (Lipinski definition) is 2. The van der Waals surface area contributed by atoms with Crippen LogP contribution >= 0.6 is 0 Å². The molecule has 3 nitrogen and oxygen atoms in total. The lowest BCUT2D eigenvalue weighted by Gasteiger charge is -2.15. The summed E-state index contributed by atoms with van der Waals surface area (Å²) >= 11 is 0. The molecule has 0 radical (unpaired) electrons. The molecule has 0 unspecified atom stereocenters. The molecule has 0 saturated heterocycles. The lowest BCUT2D eigenvalue weighted by atomic mass is 10.1. The van der Waals surface area contributed by atoms with Gasteiger partial charge in [-0.1, -0.05) is 32.0 Å². The third-order valence-corrected chi connectivity index (χ3v) is 2.65. The van der Waals surface area contributed by atoms with Gasteiger partial charge in [-0.3, -0.25) is 4.79 Å². The molecule has 0 aromatic heterocycles. The Morgan fingerprint density at radius 3 is 2.56 bits per heavy atom. The number of nitrogens with one attached hydrogen (secondary N) is 2. The van der Waals surface area contributed by atoms with E-state index in [1.54, 1.807) is 25.1 Å². The highest BCUT2D eigenvalue weighted by molar-refractivity contribution is 5.76. The van der Waals surface area contributed by atoms with E-state index in [1.807, 2.05) is 13.8 Å². The fraction of sp³-hybridized carbons (Fsp3) is 0.500. The van der Waals surface area contributed by atoms with Crippen molar-refractivity contribution in [1.29, 1.82) is 0 Å². The lowest BCUT2D eigenvalue weighted by molar-refractivity contribution is -0.121. The third-order valence-electron chi connectivity index (χ3n) is 2.65. The van der Waals surface area contributed by atoms with E-state index in [-0.39, 0.29) is 17.8 Å². The average Bonchev–Trinajstić information content (AvgIpc) is 2.28. The minimum absolute atomic E-state index is 0.0705. The Morgan fingerprint density at radius 2 is 1.94 bits per heavy atom. The predicted molar refractivity (Wildman–Crippen MR) is 70.7 cm³/mol. The average molecular weight is 252 g/mol. The van der Waals surface area contributed by atoms with E-state index in [0.29, 0.717) is 24.6 Å². The molecule has 0 bridgehead atoms. The van der Waals surface area contributed by atoms with Gasteiger partial charge in [-0.15, -0.1) is 0 Å². The second-order valence-corrected chi connectivity index (χ2v) is 4.67. The standard InChI is InChI=1S/C14H21FN2O/c1-10(2)16-9-8-14(18)17-11(3)12-6-4-5-7-13(12)15/h4-7,10-11,16H,8-9H2,1-3H3,(H,17,18)/t11-/m1/s1. The summed E-state index contributed by atoms with van der Waals surface area (Å²) < 4.78 is 13.5. The SMILES string of the molecule is CC(C)NCCC(=O)N[C@H](C)c1ccccc1F. The molecule has 0 saturated carbocycles. The van der Waals surface area contributed by atoms with Crippen molar-refractivity contribution >= 4 is 5.91 Å². The zero-order valence-electron chi connectivity index (χ0n) is 11.2. The molecule has 0 spiro atoms. The van der Waals surface area contributed by atoms with Crippen LogP contribution in [0.25, 0.3) is 0 Å². The first kappa shape index (κ1) is 14.6. The summed E-state index contributed by atoms with van der Waals surface area (Å²) in [6.07, 6.45) is 0.400. The summed E-state index contributed by atoms with van der Waals surface area (Å²) in [4.78, 5) is 11.6. The number of rotatable bonds is 6. The van der Waals surface area contributed by atoms with Crippen LogP contribution in [0.4, 0.5) is 4.39 Å². The van der Waals surface area contributed by atoms with Crippen LogP contribution < -0.4 is 10.6 Å². The van der Waals surface area contributed by atoms with E-state index in [0.717, 1.165) is 0 Å². The Labute approximate surface area is 108 Å². The Morgan fingerprint density at radius 1 is 1.28 bits per heavy atom. The van der Waals surface area contributed by atoms with Crippen molar-refractivity contribution in [3.8, 4) is 0 Å². The Balaban J connectivity index is 2.42. The maximum Gasteiger partial charge on any atom is 0.221 e. The largest absolute Gasteiger partial charge is 0.349 e. The van der Waals surface area contributed by atoms with Gasteiger partial charge in [-0.2, -0.15) is 0 Å². The van der Waals surface area contributed by atoms with E-state index in [9.17, 15) is 9.18 Å². The van der Waals surface area contributed by atoms with Gasteiger partial charge in [-0.25, -0.2) is 4.39 Å². The van der Waals surface area contributed by atoms with Crippen LogP contribution in [0.5, 0.6) is 0 Å². The Kier molecular flexibility index (Phi) is 5.78. The second kappa shape index (κ2) is 7.11. The molecular formula is C14H21FN2O. The predicted octanol–water partition coefficient (Wildman–Crippen LogP) is 2.39. The number of benzene rings is 1. The number of carbonyl (C=O) groups excluding carboxylic acids is 1. The molecule has 1 aromatic carbocycles. The molecule has 18 heavy (non-hydrogen) atoms. The van der Waals surface area contributed by atoms with Crippen LogP contribution in [0.3, 0.4) is 0 Å². The molecule has 100 valence electrons. The van der Waals surface area contributed by atoms with Crippen LogP contribution in [0.15, 0.2) is 24.3 Å². The summed E-state index contributed by atoms with van der Waals surface area (Å²) in [5.74, 6) is -0.357. The second-order valence-electron chi connectivity index (χ2n) is 4.67. The molecule has 1 atom stereocenters. The summed E-state index contributed by atoms with van der Waals surface area (Å²) in [5.41, 5.74) is 0.516. The molecule has 1 amide bonds. The first-order valence-electron chi connectivity index (χ1n) is 6.28. The quantitative estimate of drug-likeness (QED) is 0.816. The first-order chi connectivity index (χ1) is 8.50. The van der Waals surface area contributed by atoms with Gasteiger partial charge in [0.25, 0.3) is 0 Å². The molecule has 2 N–H and O–H groups in total. The van der Waals surface area contributed by atoms with Gasteiger partial charge in [-0.05, 0) is 13.0 Å². The van der Waals surface area contributed by atoms with Gasteiger partial charge in [0.2, 0.25) is 5.91 Å². The minimum Gasteiger partial charge on any atom is -0.349 e.